The number of hydrogen-bond acceptors (Lipinski definition) is 5. The molecule has 3 aromatic carbocycles. The maximum absolute atomic E-state index is 12.6. The summed E-state index contributed by atoms with van der Waals surface area (Å²) in [7, 11) is 0. The minimum absolute atomic E-state index is 0.0196. The molecule has 0 aliphatic heterocycles. The van der Waals surface area contributed by atoms with Crippen molar-refractivity contribution < 1.29 is 24.5 Å². The lowest BCUT2D eigenvalue weighted by molar-refractivity contribution is 0.101. The van der Waals surface area contributed by atoms with Crippen LogP contribution in [0.2, 0.25) is 0 Å². The van der Waals surface area contributed by atoms with Gasteiger partial charge in [-0.15, -0.1) is 0 Å². The Labute approximate surface area is 136 Å². The second kappa shape index (κ2) is 5.03. The number of carbonyl (C=O) groups excluding carboxylic acids is 1. The summed E-state index contributed by atoms with van der Waals surface area (Å²) in [6.45, 7) is 0. The Morgan fingerprint density at radius 2 is 1.54 bits per heavy atom. The normalized spacial score (nSPS) is 11.2. The van der Waals surface area contributed by atoms with Crippen LogP contribution in [0.5, 0.6) is 17.2 Å². The quantitative estimate of drug-likeness (QED) is 0.384. The molecule has 24 heavy (non-hydrogen) atoms. The van der Waals surface area contributed by atoms with E-state index < -0.39 is 23.0 Å². The van der Waals surface area contributed by atoms with E-state index in [1.165, 1.54) is 0 Å². The third-order valence-electron chi connectivity index (χ3n) is 3.98. The lowest BCUT2D eigenvalue weighted by Crippen LogP contribution is -1.99. The van der Waals surface area contributed by atoms with Crippen molar-refractivity contribution in [2.75, 3.05) is 0 Å². The van der Waals surface area contributed by atoms with E-state index in [0.29, 0.717) is 5.58 Å². The Morgan fingerprint density at radius 1 is 0.833 bits per heavy atom. The fourth-order valence-electron chi connectivity index (χ4n) is 2.78. The predicted molar refractivity (Wildman–Crippen MR) is 88.6 cm³/mol. The molecule has 0 spiro atoms. The van der Waals surface area contributed by atoms with Gasteiger partial charge in [-0.1, -0.05) is 30.3 Å². The van der Waals surface area contributed by atoms with Crippen LogP contribution < -0.4 is 0 Å². The van der Waals surface area contributed by atoms with E-state index in [2.05, 4.69) is 0 Å². The molecule has 5 nitrogen and oxygen atoms in total. The molecule has 5 heteroatoms. The van der Waals surface area contributed by atoms with Crippen LogP contribution in [0.4, 0.5) is 0 Å². The summed E-state index contributed by atoms with van der Waals surface area (Å²) in [6.07, 6.45) is 0. The molecular formula is C19H12O5. The Kier molecular flexibility index (Phi) is 2.96. The van der Waals surface area contributed by atoms with Crippen LogP contribution in [0.3, 0.4) is 0 Å². The first kappa shape index (κ1) is 14.1. The topological polar surface area (TPSA) is 90.9 Å². The summed E-state index contributed by atoms with van der Waals surface area (Å²) in [5, 5.41) is 31.3. The van der Waals surface area contributed by atoms with E-state index >= 15 is 0 Å². The van der Waals surface area contributed by atoms with E-state index in [-0.39, 0.29) is 11.3 Å². The van der Waals surface area contributed by atoms with Gasteiger partial charge in [0.25, 0.3) is 0 Å². The highest BCUT2D eigenvalue weighted by Gasteiger charge is 2.19. The van der Waals surface area contributed by atoms with Crippen LogP contribution in [0, 0.1) is 0 Å². The van der Waals surface area contributed by atoms with Crippen LogP contribution in [-0.4, -0.2) is 21.1 Å². The summed E-state index contributed by atoms with van der Waals surface area (Å²) < 4.78 is 5.63. The second-order valence-electron chi connectivity index (χ2n) is 5.50. The van der Waals surface area contributed by atoms with Gasteiger partial charge in [0.2, 0.25) is 5.78 Å². The smallest absolute Gasteiger partial charge is 0.228 e. The molecule has 0 atom stereocenters. The molecule has 0 radical (unpaired) electrons. The molecule has 118 valence electrons. The zero-order valence-corrected chi connectivity index (χ0v) is 12.4. The fraction of sp³-hybridized carbons (Fsp3) is 0. The van der Waals surface area contributed by atoms with Gasteiger partial charge in [-0.05, 0) is 35.0 Å². The summed E-state index contributed by atoms with van der Waals surface area (Å²) in [6, 6.07) is 15.3. The fourth-order valence-corrected chi connectivity index (χ4v) is 2.78. The molecule has 0 amide bonds. The number of aromatic hydroxyl groups is 3. The number of rotatable bonds is 2. The molecule has 0 saturated heterocycles. The van der Waals surface area contributed by atoms with Gasteiger partial charge in [-0.3, -0.25) is 4.79 Å². The van der Waals surface area contributed by atoms with E-state index in [9.17, 15) is 20.1 Å². The average Bonchev–Trinajstić information content (AvgIpc) is 3.03. The Bertz CT molecular complexity index is 1080. The molecule has 0 bridgehead atoms. The minimum Gasteiger partial charge on any atom is -0.504 e. The minimum atomic E-state index is -0.665. The number of hydrogen-bond donors (Lipinski definition) is 3. The van der Waals surface area contributed by atoms with Gasteiger partial charge in [0.15, 0.2) is 23.0 Å². The first-order valence-corrected chi connectivity index (χ1v) is 7.25. The molecule has 3 N–H and O–H groups in total. The van der Waals surface area contributed by atoms with Crippen LogP contribution in [0.25, 0.3) is 21.7 Å². The van der Waals surface area contributed by atoms with Crippen LogP contribution >= 0.6 is 0 Å². The first-order valence-electron chi connectivity index (χ1n) is 7.25. The van der Waals surface area contributed by atoms with Crippen molar-refractivity contribution >= 4 is 27.5 Å². The van der Waals surface area contributed by atoms with Gasteiger partial charge < -0.3 is 19.7 Å². The highest BCUT2D eigenvalue weighted by molar-refractivity contribution is 6.13. The summed E-state index contributed by atoms with van der Waals surface area (Å²) in [4.78, 5) is 12.6. The van der Waals surface area contributed by atoms with Crippen LogP contribution in [0.1, 0.15) is 16.1 Å². The predicted octanol–water partition coefficient (Wildman–Crippen LogP) is 3.93. The van der Waals surface area contributed by atoms with Crippen LogP contribution in [0.15, 0.2) is 59.0 Å². The number of phenols is 3. The van der Waals surface area contributed by atoms with Crippen molar-refractivity contribution in [1.82, 2.24) is 0 Å². The molecule has 1 heterocycles. The average molecular weight is 320 g/mol. The van der Waals surface area contributed by atoms with Gasteiger partial charge in [0, 0.05) is 10.9 Å². The molecule has 0 aliphatic rings. The van der Waals surface area contributed by atoms with E-state index in [1.807, 2.05) is 30.3 Å². The lowest BCUT2D eigenvalue weighted by Gasteiger charge is -2.03. The van der Waals surface area contributed by atoms with Gasteiger partial charge in [0.1, 0.15) is 5.58 Å². The number of carbonyl (C=O) groups is 1. The van der Waals surface area contributed by atoms with Crippen molar-refractivity contribution in [2.45, 2.75) is 0 Å². The number of ketones is 1. The zero-order chi connectivity index (χ0) is 16.8. The van der Waals surface area contributed by atoms with Gasteiger partial charge in [-0.2, -0.15) is 0 Å². The summed E-state index contributed by atoms with van der Waals surface area (Å²) in [5.74, 6) is -2.21. The summed E-state index contributed by atoms with van der Waals surface area (Å²) in [5.41, 5.74) is 0.593. The van der Waals surface area contributed by atoms with Crippen molar-refractivity contribution in [2.24, 2.45) is 0 Å². The number of benzene rings is 3. The van der Waals surface area contributed by atoms with Crippen LogP contribution in [-0.2, 0) is 0 Å². The standard InChI is InChI=1S/C19H12O5/c20-14-7-11(8-15(21)19(14)23)18(22)17-9-13-12-4-2-1-3-10(12)5-6-16(13)24-17/h1-9,20-21,23H. The molecular weight excluding hydrogens is 308 g/mol. The van der Waals surface area contributed by atoms with E-state index in [0.717, 1.165) is 28.3 Å². The third kappa shape index (κ3) is 2.06. The lowest BCUT2D eigenvalue weighted by atomic mass is 10.0. The van der Waals surface area contributed by atoms with Crippen molar-refractivity contribution in [3.05, 3.63) is 65.9 Å². The molecule has 4 rings (SSSR count). The molecule has 0 fully saturated rings. The number of phenolic OH excluding ortho intramolecular Hbond substituents is 3. The molecule has 4 aromatic rings. The zero-order valence-electron chi connectivity index (χ0n) is 12.4. The number of furan rings is 1. The Balaban J connectivity index is 1.87. The largest absolute Gasteiger partial charge is 0.504 e. The highest BCUT2D eigenvalue weighted by Crippen LogP contribution is 2.36. The van der Waals surface area contributed by atoms with Crippen molar-refractivity contribution in [3.63, 3.8) is 0 Å². The van der Waals surface area contributed by atoms with Crippen molar-refractivity contribution in [1.29, 1.82) is 0 Å². The van der Waals surface area contributed by atoms with Gasteiger partial charge in [0.05, 0.1) is 0 Å². The van der Waals surface area contributed by atoms with Gasteiger partial charge >= 0.3 is 0 Å². The monoisotopic (exact) mass is 320 g/mol. The maximum atomic E-state index is 12.6. The SMILES string of the molecule is O=C(c1cc(O)c(O)c(O)c1)c1cc2c(ccc3ccccc32)o1. The molecule has 0 saturated carbocycles. The molecule has 0 unspecified atom stereocenters. The first-order chi connectivity index (χ1) is 11.5. The molecule has 0 aliphatic carbocycles. The second-order valence-corrected chi connectivity index (χ2v) is 5.50. The highest BCUT2D eigenvalue weighted by atomic mass is 16.3. The maximum Gasteiger partial charge on any atom is 0.228 e. The number of fused-ring (bicyclic) bond motifs is 3. The van der Waals surface area contributed by atoms with E-state index in [4.69, 9.17) is 4.42 Å². The van der Waals surface area contributed by atoms with Gasteiger partial charge in [-0.25, -0.2) is 0 Å². The third-order valence-corrected chi connectivity index (χ3v) is 3.98. The Hall–Kier alpha value is -3.47. The Morgan fingerprint density at radius 3 is 2.29 bits per heavy atom. The van der Waals surface area contributed by atoms with Crippen molar-refractivity contribution in [3.8, 4) is 17.2 Å². The molecule has 1 aromatic heterocycles. The van der Waals surface area contributed by atoms with E-state index in [1.54, 1.807) is 12.1 Å². The summed E-state index contributed by atoms with van der Waals surface area (Å²) >= 11 is 0.